The molecule has 1 saturated carbocycles. The smallest absolute Gasteiger partial charge is 0.420 e. The van der Waals surface area contributed by atoms with Crippen molar-refractivity contribution in [3.05, 3.63) is 41.5 Å². The second-order valence-corrected chi connectivity index (χ2v) is 7.95. The molecule has 30 heavy (non-hydrogen) atoms. The van der Waals surface area contributed by atoms with E-state index < -0.39 is 11.7 Å². The van der Waals surface area contributed by atoms with Crippen molar-refractivity contribution in [2.24, 2.45) is 5.92 Å². The van der Waals surface area contributed by atoms with E-state index in [4.69, 9.17) is 4.74 Å². The average molecular weight is 423 g/mol. The number of fused-ring (bicyclic) bond motifs is 1. The highest BCUT2D eigenvalue weighted by Gasteiger charge is 2.37. The molecule has 0 heterocycles. The minimum atomic E-state index is -4.52. The first-order chi connectivity index (χ1) is 14.3. The van der Waals surface area contributed by atoms with Crippen LogP contribution in [0.2, 0.25) is 0 Å². The Hall–Kier alpha value is -2.28. The van der Waals surface area contributed by atoms with Gasteiger partial charge in [0.05, 0.1) is 19.6 Å². The molecule has 3 rings (SSSR count). The number of nitrogens with one attached hydrogen (secondary N) is 1. The number of alkyl halides is 3. The molecular formula is C23H28F3NO3. The van der Waals surface area contributed by atoms with Crippen molar-refractivity contribution >= 4 is 16.7 Å². The first kappa shape index (κ1) is 22.4. The van der Waals surface area contributed by atoms with Crippen LogP contribution in [0.5, 0.6) is 5.75 Å². The number of methoxy groups -OCH3 is 1. The van der Waals surface area contributed by atoms with Crippen molar-refractivity contribution in [1.29, 1.82) is 0 Å². The van der Waals surface area contributed by atoms with Gasteiger partial charge in [0, 0.05) is 13.1 Å². The lowest BCUT2D eigenvalue weighted by Gasteiger charge is -2.28. The maximum Gasteiger partial charge on any atom is 0.420 e. The topological polar surface area (TPSA) is 47.6 Å². The summed E-state index contributed by atoms with van der Waals surface area (Å²) < 4.78 is 52.5. The van der Waals surface area contributed by atoms with Crippen molar-refractivity contribution < 1.29 is 27.4 Å². The van der Waals surface area contributed by atoms with Crippen LogP contribution in [-0.4, -0.2) is 25.7 Å². The molecule has 1 aliphatic rings. The molecule has 1 aliphatic carbocycles. The van der Waals surface area contributed by atoms with Crippen molar-refractivity contribution in [1.82, 2.24) is 5.32 Å². The molecule has 0 atom stereocenters. The summed E-state index contributed by atoms with van der Waals surface area (Å²) in [7, 11) is 1.32. The third kappa shape index (κ3) is 5.45. The SMILES string of the molecule is COC(=O)CCNCc1cccc2c(C(F)(F)F)c(O[C@H]3CC[C@@H](C)CC3)ccc12. The van der Waals surface area contributed by atoms with Crippen LogP contribution >= 0.6 is 0 Å². The lowest BCUT2D eigenvalue weighted by Crippen LogP contribution is -2.24. The molecule has 0 radical (unpaired) electrons. The predicted molar refractivity (Wildman–Crippen MR) is 109 cm³/mol. The lowest BCUT2D eigenvalue weighted by atomic mass is 9.89. The summed E-state index contributed by atoms with van der Waals surface area (Å²) in [5.41, 5.74) is 0.0240. The first-order valence-electron chi connectivity index (χ1n) is 10.4. The molecule has 0 unspecified atom stereocenters. The van der Waals surface area contributed by atoms with Crippen molar-refractivity contribution in [2.45, 2.75) is 57.9 Å². The van der Waals surface area contributed by atoms with Crippen LogP contribution in [0, 0.1) is 5.92 Å². The summed E-state index contributed by atoms with van der Waals surface area (Å²) in [6.45, 7) is 2.90. The van der Waals surface area contributed by atoms with E-state index >= 15 is 0 Å². The number of hydrogen-bond acceptors (Lipinski definition) is 4. The standard InChI is InChI=1S/C23H28F3NO3/c1-15-6-8-17(9-7-15)30-20-11-10-18-16(14-27-13-12-21(28)29-2)4-3-5-19(18)22(20)23(24,25)26/h3-5,10-11,15,17,27H,6-9,12-14H2,1-2H3/t15-,17+. The summed E-state index contributed by atoms with van der Waals surface area (Å²) in [5, 5.41) is 3.75. The minimum absolute atomic E-state index is 0.0923. The largest absolute Gasteiger partial charge is 0.490 e. The van der Waals surface area contributed by atoms with Crippen molar-refractivity contribution in [3.63, 3.8) is 0 Å². The van der Waals surface area contributed by atoms with E-state index in [0.29, 0.717) is 24.4 Å². The Balaban J connectivity index is 1.86. The highest BCUT2D eigenvalue weighted by atomic mass is 19.4. The highest BCUT2D eigenvalue weighted by Crippen LogP contribution is 2.43. The monoisotopic (exact) mass is 423 g/mol. The molecule has 0 spiro atoms. The first-order valence-corrected chi connectivity index (χ1v) is 10.4. The number of esters is 1. The third-order valence-corrected chi connectivity index (χ3v) is 5.70. The van der Waals surface area contributed by atoms with E-state index in [-0.39, 0.29) is 29.6 Å². The summed E-state index contributed by atoms with van der Waals surface area (Å²) in [4.78, 5) is 11.2. The molecule has 0 bridgehead atoms. The molecule has 164 valence electrons. The molecular weight excluding hydrogens is 395 g/mol. The quantitative estimate of drug-likeness (QED) is 0.474. The van der Waals surface area contributed by atoms with Crippen LogP contribution in [0.15, 0.2) is 30.3 Å². The van der Waals surface area contributed by atoms with Crippen LogP contribution in [0.25, 0.3) is 10.8 Å². The van der Waals surface area contributed by atoms with E-state index in [0.717, 1.165) is 31.2 Å². The maximum absolute atomic E-state index is 14.0. The molecule has 0 saturated heterocycles. The van der Waals surface area contributed by atoms with E-state index in [1.807, 2.05) is 0 Å². The molecule has 0 aliphatic heterocycles. The van der Waals surface area contributed by atoms with Gasteiger partial charge in [-0.1, -0.05) is 31.2 Å². The summed E-state index contributed by atoms with van der Waals surface area (Å²) >= 11 is 0. The molecule has 1 fully saturated rings. The van der Waals surface area contributed by atoms with Gasteiger partial charge in [0.1, 0.15) is 11.3 Å². The van der Waals surface area contributed by atoms with Crippen molar-refractivity contribution in [2.75, 3.05) is 13.7 Å². The van der Waals surface area contributed by atoms with E-state index in [9.17, 15) is 18.0 Å². The van der Waals surface area contributed by atoms with Gasteiger partial charge in [-0.2, -0.15) is 13.2 Å². The average Bonchev–Trinajstić information content (AvgIpc) is 2.71. The molecule has 4 nitrogen and oxygen atoms in total. The number of carbonyl (C=O) groups excluding carboxylic acids is 1. The third-order valence-electron chi connectivity index (χ3n) is 5.70. The van der Waals surface area contributed by atoms with Gasteiger partial charge < -0.3 is 14.8 Å². The second-order valence-electron chi connectivity index (χ2n) is 7.95. The van der Waals surface area contributed by atoms with E-state index in [1.165, 1.54) is 19.2 Å². The number of rotatable bonds is 7. The number of ether oxygens (including phenoxy) is 2. The number of benzene rings is 2. The number of hydrogen-bond donors (Lipinski definition) is 1. The Morgan fingerprint density at radius 1 is 1.10 bits per heavy atom. The fourth-order valence-electron chi connectivity index (χ4n) is 3.99. The van der Waals surface area contributed by atoms with Gasteiger partial charge in [-0.05, 0) is 54.0 Å². The summed E-state index contributed by atoms with van der Waals surface area (Å²) in [6.07, 6.45) is -0.993. The zero-order valence-electron chi connectivity index (χ0n) is 17.3. The van der Waals surface area contributed by atoms with Gasteiger partial charge in [-0.3, -0.25) is 4.79 Å². The minimum Gasteiger partial charge on any atom is -0.490 e. The predicted octanol–water partition coefficient (Wildman–Crippen LogP) is 5.47. The fraction of sp³-hybridized carbons (Fsp3) is 0.522. The zero-order chi connectivity index (χ0) is 21.7. The lowest BCUT2D eigenvalue weighted by molar-refractivity contribution is -0.140. The Bertz CT molecular complexity index is 874. The molecule has 2 aromatic carbocycles. The van der Waals surface area contributed by atoms with Gasteiger partial charge in [0.25, 0.3) is 0 Å². The van der Waals surface area contributed by atoms with Crippen LogP contribution in [0.3, 0.4) is 0 Å². The Morgan fingerprint density at radius 2 is 1.83 bits per heavy atom. The van der Waals surface area contributed by atoms with Gasteiger partial charge in [0.2, 0.25) is 0 Å². The number of halogens is 3. The van der Waals surface area contributed by atoms with Gasteiger partial charge in [-0.25, -0.2) is 0 Å². The summed E-state index contributed by atoms with van der Waals surface area (Å²) in [6, 6.07) is 8.05. The van der Waals surface area contributed by atoms with Crippen LogP contribution in [0.4, 0.5) is 13.2 Å². The molecule has 0 amide bonds. The van der Waals surface area contributed by atoms with Gasteiger partial charge >= 0.3 is 12.1 Å². The normalized spacial score (nSPS) is 19.6. The highest BCUT2D eigenvalue weighted by molar-refractivity contribution is 5.91. The van der Waals surface area contributed by atoms with E-state index in [1.54, 1.807) is 18.2 Å². The van der Waals surface area contributed by atoms with Crippen LogP contribution in [0.1, 0.15) is 50.2 Å². The fourth-order valence-corrected chi connectivity index (χ4v) is 3.99. The Morgan fingerprint density at radius 3 is 2.50 bits per heavy atom. The van der Waals surface area contributed by atoms with E-state index in [2.05, 4.69) is 17.0 Å². The Labute approximate surface area is 174 Å². The molecule has 7 heteroatoms. The summed E-state index contributed by atoms with van der Waals surface area (Å²) in [5.74, 6) is 0.168. The molecule has 1 N–H and O–H groups in total. The zero-order valence-corrected chi connectivity index (χ0v) is 17.3. The second kappa shape index (κ2) is 9.69. The van der Waals surface area contributed by atoms with Crippen LogP contribution < -0.4 is 10.1 Å². The number of carbonyl (C=O) groups is 1. The van der Waals surface area contributed by atoms with Gasteiger partial charge in [-0.15, -0.1) is 0 Å². The van der Waals surface area contributed by atoms with Gasteiger partial charge in [0.15, 0.2) is 0 Å². The molecule has 2 aromatic rings. The Kier molecular flexibility index (Phi) is 7.23. The maximum atomic E-state index is 14.0. The molecule has 0 aromatic heterocycles. The van der Waals surface area contributed by atoms with Crippen molar-refractivity contribution in [3.8, 4) is 5.75 Å². The van der Waals surface area contributed by atoms with Crippen LogP contribution in [-0.2, 0) is 22.3 Å².